The van der Waals surface area contributed by atoms with Crippen molar-refractivity contribution in [3.05, 3.63) is 68.7 Å². The van der Waals surface area contributed by atoms with Crippen LogP contribution < -0.4 is 5.56 Å². The SMILES string of the molecule is Cc1sc2ccn(Cc3ccc(F)cc3)c(=O)c2c1C(=O)N1CCC(C)CC1. The van der Waals surface area contributed by atoms with Crippen molar-refractivity contribution in [2.75, 3.05) is 13.1 Å². The van der Waals surface area contributed by atoms with Gasteiger partial charge in [0.1, 0.15) is 5.82 Å². The molecule has 3 heterocycles. The minimum atomic E-state index is -0.302. The standard InChI is InChI=1S/C22H23FN2O2S/c1-14-7-10-24(11-8-14)21(26)19-15(2)28-18-9-12-25(22(27)20(18)19)13-16-3-5-17(23)6-4-16/h3-6,9,12,14H,7-8,10-11,13H2,1-2H3. The summed E-state index contributed by atoms with van der Waals surface area (Å²) in [6.07, 6.45) is 3.75. The highest BCUT2D eigenvalue weighted by Crippen LogP contribution is 2.30. The number of carbonyl (C=O) groups is 1. The van der Waals surface area contributed by atoms with E-state index in [-0.39, 0.29) is 17.3 Å². The number of nitrogens with zero attached hydrogens (tertiary/aromatic N) is 2. The fraction of sp³-hybridized carbons (Fsp3) is 0.364. The zero-order valence-corrected chi connectivity index (χ0v) is 16.9. The minimum Gasteiger partial charge on any atom is -0.339 e. The first-order chi connectivity index (χ1) is 13.4. The van der Waals surface area contributed by atoms with Gasteiger partial charge in [0.25, 0.3) is 11.5 Å². The summed E-state index contributed by atoms with van der Waals surface area (Å²) in [5.41, 5.74) is 1.22. The van der Waals surface area contributed by atoms with Gasteiger partial charge in [0, 0.05) is 28.9 Å². The molecule has 1 aromatic carbocycles. The zero-order valence-electron chi connectivity index (χ0n) is 16.1. The number of pyridine rings is 1. The summed E-state index contributed by atoms with van der Waals surface area (Å²) in [5, 5.41) is 0.510. The van der Waals surface area contributed by atoms with Crippen LogP contribution in [0.4, 0.5) is 4.39 Å². The van der Waals surface area contributed by atoms with Crippen molar-refractivity contribution in [3.63, 3.8) is 0 Å². The summed E-state index contributed by atoms with van der Waals surface area (Å²) >= 11 is 1.49. The summed E-state index contributed by atoms with van der Waals surface area (Å²) < 4.78 is 15.6. The second kappa shape index (κ2) is 7.51. The third-order valence-corrected chi connectivity index (χ3v) is 6.61. The number of amides is 1. The molecular weight excluding hydrogens is 375 g/mol. The Morgan fingerprint density at radius 1 is 1.18 bits per heavy atom. The van der Waals surface area contributed by atoms with Crippen molar-refractivity contribution in [1.29, 1.82) is 0 Å². The normalized spacial score (nSPS) is 15.3. The number of thiophene rings is 1. The predicted molar refractivity (Wildman–Crippen MR) is 111 cm³/mol. The Hall–Kier alpha value is -2.47. The first-order valence-corrected chi connectivity index (χ1v) is 10.4. The van der Waals surface area contributed by atoms with Crippen LogP contribution in [0.15, 0.2) is 41.3 Å². The van der Waals surface area contributed by atoms with Crippen molar-refractivity contribution in [2.45, 2.75) is 33.2 Å². The van der Waals surface area contributed by atoms with Gasteiger partial charge in [0.2, 0.25) is 0 Å². The molecule has 4 rings (SSSR count). The Morgan fingerprint density at radius 2 is 1.86 bits per heavy atom. The van der Waals surface area contributed by atoms with Crippen LogP contribution in [0.2, 0.25) is 0 Å². The average Bonchev–Trinajstić information content (AvgIpc) is 3.02. The van der Waals surface area contributed by atoms with E-state index in [0.717, 1.165) is 41.1 Å². The number of aryl methyl sites for hydroxylation is 1. The number of piperidine rings is 1. The van der Waals surface area contributed by atoms with Crippen molar-refractivity contribution in [2.24, 2.45) is 5.92 Å². The molecule has 1 aliphatic rings. The number of hydrogen-bond donors (Lipinski definition) is 0. The van der Waals surface area contributed by atoms with Crippen LogP contribution in [0.5, 0.6) is 0 Å². The topological polar surface area (TPSA) is 42.3 Å². The number of likely N-dealkylation sites (tertiary alicyclic amines) is 1. The van der Waals surface area contributed by atoms with Crippen molar-refractivity contribution in [1.82, 2.24) is 9.47 Å². The van der Waals surface area contributed by atoms with Crippen LogP contribution in [0.25, 0.3) is 10.1 Å². The monoisotopic (exact) mass is 398 g/mol. The molecule has 0 atom stereocenters. The third kappa shape index (κ3) is 3.49. The second-order valence-electron chi connectivity index (χ2n) is 7.62. The van der Waals surface area contributed by atoms with Crippen molar-refractivity contribution >= 4 is 27.3 Å². The maximum Gasteiger partial charge on any atom is 0.260 e. The molecule has 1 amide bonds. The van der Waals surface area contributed by atoms with E-state index in [1.807, 2.05) is 17.9 Å². The molecular formula is C22H23FN2O2S. The largest absolute Gasteiger partial charge is 0.339 e. The average molecular weight is 399 g/mol. The molecule has 1 aliphatic heterocycles. The maximum absolute atomic E-state index is 13.2. The summed E-state index contributed by atoms with van der Waals surface area (Å²) in [4.78, 5) is 29.2. The molecule has 0 aliphatic carbocycles. The minimum absolute atomic E-state index is 0.0349. The van der Waals surface area contributed by atoms with Gasteiger partial charge in [-0.15, -0.1) is 11.3 Å². The van der Waals surface area contributed by atoms with E-state index in [2.05, 4.69) is 6.92 Å². The molecule has 0 saturated carbocycles. The highest BCUT2D eigenvalue weighted by Gasteiger charge is 2.27. The van der Waals surface area contributed by atoms with Gasteiger partial charge in [0.05, 0.1) is 17.5 Å². The van der Waals surface area contributed by atoms with Gasteiger partial charge >= 0.3 is 0 Å². The lowest BCUT2D eigenvalue weighted by molar-refractivity contribution is 0.0699. The molecule has 0 bridgehead atoms. The van der Waals surface area contributed by atoms with Gasteiger partial charge < -0.3 is 9.47 Å². The molecule has 146 valence electrons. The number of aromatic nitrogens is 1. The van der Waals surface area contributed by atoms with E-state index in [0.29, 0.717) is 23.4 Å². The molecule has 0 N–H and O–H groups in total. The zero-order chi connectivity index (χ0) is 19.8. The number of halogens is 1. The van der Waals surface area contributed by atoms with E-state index in [1.54, 1.807) is 22.9 Å². The van der Waals surface area contributed by atoms with Gasteiger partial charge in [-0.1, -0.05) is 19.1 Å². The molecule has 0 radical (unpaired) electrons. The van der Waals surface area contributed by atoms with Crippen LogP contribution in [-0.2, 0) is 6.54 Å². The van der Waals surface area contributed by atoms with Gasteiger partial charge in [-0.3, -0.25) is 9.59 Å². The van der Waals surface area contributed by atoms with Gasteiger partial charge in [-0.2, -0.15) is 0 Å². The van der Waals surface area contributed by atoms with Gasteiger partial charge in [0.15, 0.2) is 0 Å². The van der Waals surface area contributed by atoms with Gasteiger partial charge in [-0.25, -0.2) is 4.39 Å². The Morgan fingerprint density at radius 3 is 2.54 bits per heavy atom. The molecule has 2 aromatic heterocycles. The van der Waals surface area contributed by atoms with Crippen molar-refractivity contribution in [3.8, 4) is 0 Å². The summed E-state index contributed by atoms with van der Waals surface area (Å²) in [5.74, 6) is 0.299. The Bertz CT molecular complexity index is 1080. The number of rotatable bonds is 3. The van der Waals surface area contributed by atoms with Crippen molar-refractivity contribution < 1.29 is 9.18 Å². The van der Waals surface area contributed by atoms with E-state index < -0.39 is 0 Å². The lowest BCUT2D eigenvalue weighted by atomic mass is 9.98. The lowest BCUT2D eigenvalue weighted by Gasteiger charge is -2.30. The highest BCUT2D eigenvalue weighted by molar-refractivity contribution is 7.19. The molecule has 0 spiro atoms. The Balaban J connectivity index is 1.73. The number of hydrogen-bond acceptors (Lipinski definition) is 3. The molecule has 1 saturated heterocycles. The van der Waals surface area contributed by atoms with Gasteiger partial charge in [-0.05, 0) is 49.4 Å². The third-order valence-electron chi connectivity index (χ3n) is 5.54. The van der Waals surface area contributed by atoms with E-state index in [4.69, 9.17) is 0 Å². The molecule has 3 aromatic rings. The second-order valence-corrected chi connectivity index (χ2v) is 8.88. The van der Waals surface area contributed by atoms with Crippen LogP contribution in [0.1, 0.15) is 40.6 Å². The quantitative estimate of drug-likeness (QED) is 0.655. The summed E-state index contributed by atoms with van der Waals surface area (Å²) in [6, 6.07) is 8.02. The molecule has 0 unspecified atom stereocenters. The fourth-order valence-corrected chi connectivity index (χ4v) is 4.84. The lowest BCUT2D eigenvalue weighted by Crippen LogP contribution is -2.38. The summed E-state index contributed by atoms with van der Waals surface area (Å²) in [6.45, 7) is 5.95. The first kappa shape index (κ1) is 18.9. The Labute approximate surface area is 167 Å². The van der Waals surface area contributed by atoms with Crippen LogP contribution in [0.3, 0.4) is 0 Å². The van der Waals surface area contributed by atoms with E-state index in [9.17, 15) is 14.0 Å². The highest BCUT2D eigenvalue weighted by atomic mass is 32.1. The van der Waals surface area contributed by atoms with E-state index in [1.165, 1.54) is 23.5 Å². The molecule has 4 nitrogen and oxygen atoms in total. The maximum atomic E-state index is 13.2. The Kier molecular flexibility index (Phi) is 5.06. The molecule has 1 fully saturated rings. The smallest absolute Gasteiger partial charge is 0.260 e. The van der Waals surface area contributed by atoms with Crippen LogP contribution in [-0.4, -0.2) is 28.5 Å². The fourth-order valence-electron chi connectivity index (χ4n) is 3.80. The molecule has 6 heteroatoms. The first-order valence-electron chi connectivity index (χ1n) is 9.60. The van der Waals surface area contributed by atoms with Crippen LogP contribution >= 0.6 is 11.3 Å². The predicted octanol–water partition coefficient (Wildman–Crippen LogP) is 4.43. The molecule has 28 heavy (non-hydrogen) atoms. The van der Waals surface area contributed by atoms with E-state index >= 15 is 0 Å². The number of benzene rings is 1. The number of carbonyl (C=O) groups excluding carboxylic acids is 1. The number of fused-ring (bicyclic) bond motifs is 1. The van der Waals surface area contributed by atoms with Crippen LogP contribution in [0, 0.1) is 18.7 Å². The summed E-state index contributed by atoms with van der Waals surface area (Å²) in [7, 11) is 0.